The molecule has 0 saturated heterocycles. The first-order chi connectivity index (χ1) is 13.5. The lowest BCUT2D eigenvalue weighted by molar-refractivity contribution is 0.235. The summed E-state index contributed by atoms with van der Waals surface area (Å²) < 4.78 is 39.9. The van der Waals surface area contributed by atoms with E-state index in [4.69, 9.17) is 9.47 Å². The van der Waals surface area contributed by atoms with Crippen molar-refractivity contribution in [2.45, 2.75) is 17.4 Å². The Morgan fingerprint density at radius 2 is 1.96 bits per heavy atom. The summed E-state index contributed by atoms with van der Waals surface area (Å²) >= 11 is 0. The number of hydrogen-bond acceptors (Lipinski definition) is 6. The summed E-state index contributed by atoms with van der Waals surface area (Å²) in [5.41, 5.74) is 1.45. The van der Waals surface area contributed by atoms with Crippen LogP contribution in [-0.4, -0.2) is 40.2 Å². The molecule has 0 unspecified atom stereocenters. The average Bonchev–Trinajstić information content (AvgIpc) is 2.72. The maximum Gasteiger partial charge on any atom is 0.266 e. The van der Waals surface area contributed by atoms with E-state index in [2.05, 4.69) is 15.0 Å². The number of methoxy groups -OCH3 is 1. The summed E-state index contributed by atoms with van der Waals surface area (Å²) in [7, 11) is -0.480. The van der Waals surface area contributed by atoms with Crippen molar-refractivity contribution < 1.29 is 17.9 Å². The van der Waals surface area contributed by atoms with Gasteiger partial charge in [-0.2, -0.15) is 0 Å². The van der Waals surface area contributed by atoms with Gasteiger partial charge in [-0.1, -0.05) is 18.2 Å². The van der Waals surface area contributed by atoms with Gasteiger partial charge in [-0.15, -0.1) is 0 Å². The summed E-state index contributed by atoms with van der Waals surface area (Å²) in [6.45, 7) is 0.382. The van der Waals surface area contributed by atoms with Crippen LogP contribution in [-0.2, 0) is 16.4 Å². The van der Waals surface area contributed by atoms with Gasteiger partial charge in [-0.3, -0.25) is 4.72 Å². The van der Waals surface area contributed by atoms with E-state index in [1.165, 1.54) is 6.07 Å². The standard InChI is InChI=1S/C20H21N3O4S/c1-21-14-11-15-17(26-2)8-9-18(20(15)27-12-14)28(24,25)23-19-10-7-13-5-3-4-6-16(13)22-19/h3-10,14,21H,11-12H2,1-2H3,(H,22,23)/t14-/m1/s1. The van der Waals surface area contributed by atoms with E-state index in [1.807, 2.05) is 37.4 Å². The Balaban J connectivity index is 1.73. The number of benzene rings is 2. The molecule has 2 heterocycles. The van der Waals surface area contributed by atoms with Crippen LogP contribution in [0.15, 0.2) is 53.4 Å². The molecule has 1 aromatic heterocycles. The molecule has 2 N–H and O–H groups in total. The van der Waals surface area contributed by atoms with Crippen LogP contribution < -0.4 is 19.5 Å². The Bertz CT molecular complexity index is 1130. The van der Waals surface area contributed by atoms with Crippen LogP contribution in [0.1, 0.15) is 5.56 Å². The predicted molar refractivity (Wildman–Crippen MR) is 108 cm³/mol. The van der Waals surface area contributed by atoms with Crippen LogP contribution in [0.2, 0.25) is 0 Å². The molecule has 0 fully saturated rings. The fourth-order valence-corrected chi connectivity index (χ4v) is 4.51. The molecule has 0 amide bonds. The summed E-state index contributed by atoms with van der Waals surface area (Å²) in [5.74, 6) is 1.20. The number of ether oxygens (including phenoxy) is 2. The first kappa shape index (κ1) is 18.5. The van der Waals surface area contributed by atoms with Gasteiger partial charge in [0.2, 0.25) is 0 Å². The predicted octanol–water partition coefficient (Wildman–Crippen LogP) is 2.57. The van der Waals surface area contributed by atoms with E-state index < -0.39 is 10.0 Å². The Kier molecular flexibility index (Phi) is 4.82. The monoisotopic (exact) mass is 399 g/mol. The van der Waals surface area contributed by atoms with Crippen LogP contribution in [0.4, 0.5) is 5.82 Å². The van der Waals surface area contributed by atoms with Crippen LogP contribution in [0.3, 0.4) is 0 Å². The van der Waals surface area contributed by atoms with Crippen molar-refractivity contribution in [3.63, 3.8) is 0 Å². The second-order valence-electron chi connectivity index (χ2n) is 6.57. The number of fused-ring (bicyclic) bond motifs is 2. The molecular weight excluding hydrogens is 378 g/mol. The maximum absolute atomic E-state index is 13.1. The molecule has 0 spiro atoms. The van der Waals surface area contributed by atoms with E-state index >= 15 is 0 Å². The Labute approximate surface area is 163 Å². The van der Waals surface area contributed by atoms with Crippen LogP contribution in [0, 0.1) is 0 Å². The molecule has 0 radical (unpaired) electrons. The van der Waals surface area contributed by atoms with Crippen LogP contribution in [0.25, 0.3) is 10.9 Å². The van der Waals surface area contributed by atoms with E-state index in [0.717, 1.165) is 10.9 Å². The fraction of sp³-hybridized carbons (Fsp3) is 0.250. The number of aromatic nitrogens is 1. The third-order valence-corrected chi connectivity index (χ3v) is 6.19. The molecule has 2 aromatic carbocycles. The smallest absolute Gasteiger partial charge is 0.266 e. The number of pyridine rings is 1. The van der Waals surface area contributed by atoms with Crippen LogP contribution in [0.5, 0.6) is 11.5 Å². The highest BCUT2D eigenvalue weighted by molar-refractivity contribution is 7.92. The molecule has 0 aliphatic carbocycles. The Hall–Kier alpha value is -2.84. The molecule has 28 heavy (non-hydrogen) atoms. The third kappa shape index (κ3) is 3.36. The fourth-order valence-electron chi connectivity index (χ4n) is 3.33. The molecule has 3 aromatic rings. The topological polar surface area (TPSA) is 89.5 Å². The highest BCUT2D eigenvalue weighted by Gasteiger charge is 2.30. The minimum atomic E-state index is -3.89. The van der Waals surface area contributed by atoms with E-state index in [0.29, 0.717) is 30.0 Å². The van der Waals surface area contributed by atoms with Gasteiger partial charge in [0.1, 0.15) is 28.8 Å². The minimum absolute atomic E-state index is 0.0767. The molecular formula is C20H21N3O4S. The van der Waals surface area contributed by atoms with Gasteiger partial charge in [0.25, 0.3) is 10.0 Å². The SMILES string of the molecule is CN[C@H]1COc2c(S(=O)(=O)Nc3ccc4ccccc4n3)ccc(OC)c2C1. The molecule has 1 aliphatic heterocycles. The second-order valence-corrected chi connectivity index (χ2v) is 8.22. The third-order valence-electron chi connectivity index (χ3n) is 4.82. The van der Waals surface area contributed by atoms with Gasteiger partial charge in [0, 0.05) is 17.0 Å². The number of hydrogen-bond donors (Lipinski definition) is 2. The molecule has 146 valence electrons. The van der Waals surface area contributed by atoms with Gasteiger partial charge >= 0.3 is 0 Å². The van der Waals surface area contributed by atoms with Gasteiger partial charge in [-0.25, -0.2) is 13.4 Å². The lowest BCUT2D eigenvalue weighted by atomic mass is 10.0. The Morgan fingerprint density at radius 1 is 1.14 bits per heavy atom. The summed E-state index contributed by atoms with van der Waals surface area (Å²) in [4.78, 5) is 4.47. The first-order valence-electron chi connectivity index (χ1n) is 8.90. The summed E-state index contributed by atoms with van der Waals surface area (Å²) in [6.07, 6.45) is 0.618. The zero-order valence-electron chi connectivity index (χ0n) is 15.6. The maximum atomic E-state index is 13.1. The summed E-state index contributed by atoms with van der Waals surface area (Å²) in [6, 6.07) is 14.3. The molecule has 8 heteroatoms. The lowest BCUT2D eigenvalue weighted by Crippen LogP contribution is -2.37. The molecule has 7 nitrogen and oxygen atoms in total. The van der Waals surface area contributed by atoms with Crippen molar-refractivity contribution in [1.82, 2.24) is 10.3 Å². The number of nitrogens with zero attached hydrogens (tertiary/aromatic N) is 1. The van der Waals surface area contributed by atoms with Crippen molar-refractivity contribution in [1.29, 1.82) is 0 Å². The molecule has 1 aliphatic rings. The van der Waals surface area contributed by atoms with Crippen molar-refractivity contribution in [2.75, 3.05) is 25.5 Å². The second kappa shape index (κ2) is 7.29. The normalized spacial score (nSPS) is 16.3. The number of sulfonamides is 1. The van der Waals surface area contributed by atoms with Crippen molar-refractivity contribution in [3.8, 4) is 11.5 Å². The zero-order chi connectivity index (χ0) is 19.7. The quantitative estimate of drug-likeness (QED) is 0.685. The number of anilines is 1. The lowest BCUT2D eigenvalue weighted by Gasteiger charge is -2.28. The summed E-state index contributed by atoms with van der Waals surface area (Å²) in [5, 5.41) is 4.09. The number of nitrogens with one attached hydrogen (secondary N) is 2. The van der Waals surface area contributed by atoms with Gasteiger partial charge in [0.05, 0.1) is 12.6 Å². The van der Waals surface area contributed by atoms with Crippen LogP contribution >= 0.6 is 0 Å². The highest BCUT2D eigenvalue weighted by atomic mass is 32.2. The van der Waals surface area contributed by atoms with Gasteiger partial charge in [0.15, 0.2) is 0 Å². The highest BCUT2D eigenvalue weighted by Crippen LogP contribution is 2.39. The number of para-hydroxylation sites is 1. The number of rotatable bonds is 5. The largest absolute Gasteiger partial charge is 0.496 e. The van der Waals surface area contributed by atoms with Crippen molar-refractivity contribution in [3.05, 3.63) is 54.1 Å². The molecule has 4 rings (SSSR count). The van der Waals surface area contributed by atoms with E-state index in [1.54, 1.807) is 19.2 Å². The van der Waals surface area contributed by atoms with Gasteiger partial charge in [-0.05, 0) is 43.8 Å². The Morgan fingerprint density at radius 3 is 2.75 bits per heavy atom. The molecule has 1 atom stereocenters. The molecule has 0 bridgehead atoms. The van der Waals surface area contributed by atoms with Crippen molar-refractivity contribution >= 4 is 26.7 Å². The van der Waals surface area contributed by atoms with E-state index in [-0.39, 0.29) is 16.8 Å². The van der Waals surface area contributed by atoms with Crippen molar-refractivity contribution in [2.24, 2.45) is 0 Å². The first-order valence-corrected chi connectivity index (χ1v) is 10.4. The van der Waals surface area contributed by atoms with Gasteiger partial charge < -0.3 is 14.8 Å². The zero-order valence-corrected chi connectivity index (χ0v) is 16.4. The average molecular weight is 399 g/mol. The minimum Gasteiger partial charge on any atom is -0.496 e. The van der Waals surface area contributed by atoms with E-state index in [9.17, 15) is 8.42 Å². The molecule has 0 saturated carbocycles. The number of likely N-dealkylation sites (N-methyl/N-ethyl adjacent to an activating group) is 1.